The van der Waals surface area contributed by atoms with Gasteiger partial charge in [-0.15, -0.1) is 0 Å². The number of likely N-dealkylation sites (N-methyl/N-ethyl adjacent to an activating group) is 1. The minimum atomic E-state index is -0.211. The zero-order valence-electron chi connectivity index (χ0n) is 17.7. The highest BCUT2D eigenvalue weighted by Crippen LogP contribution is 2.34. The number of hydrogen-bond donors (Lipinski definition) is 2. The number of H-pyrrole nitrogens is 1. The largest absolute Gasteiger partial charge is 0.369 e. The lowest BCUT2D eigenvalue weighted by molar-refractivity contribution is 0.190. The van der Waals surface area contributed by atoms with Gasteiger partial charge in [0.1, 0.15) is 23.7 Å². The Hall–Kier alpha value is -3.38. The lowest BCUT2D eigenvalue weighted by Crippen LogP contribution is -2.43. The van der Waals surface area contributed by atoms with Gasteiger partial charge in [-0.3, -0.25) is 0 Å². The standard InChI is InChI=1S/C24H23ClN6O/c1-30-7-9-31(10-8-30)19-5-6-20(16(11-19)14-32)22-13-21-23(26-15-27-24(21)29-22)28-18-4-2-3-17(25)12-18/h2-6,11-13,15,20H,7-10H2,1H3,(H2,26,27,28,29). The number of carbonyl (C=O) groups excluding carboxylic acids is 1. The smallest absolute Gasteiger partial charge is 0.143 e. The number of halogens is 1. The fourth-order valence-electron chi connectivity index (χ4n) is 4.15. The molecule has 8 heteroatoms. The molecule has 2 aliphatic rings. The van der Waals surface area contributed by atoms with Crippen molar-refractivity contribution in [1.82, 2.24) is 24.8 Å². The fraction of sp³-hybridized carbons (Fsp3) is 0.250. The fourth-order valence-corrected chi connectivity index (χ4v) is 4.34. The van der Waals surface area contributed by atoms with E-state index in [2.05, 4.69) is 55.2 Å². The summed E-state index contributed by atoms with van der Waals surface area (Å²) in [6.07, 6.45) is 7.61. The Balaban J connectivity index is 1.43. The molecule has 1 aliphatic heterocycles. The van der Waals surface area contributed by atoms with Gasteiger partial charge in [-0.05, 0) is 43.5 Å². The maximum Gasteiger partial charge on any atom is 0.143 e. The Labute approximate surface area is 191 Å². The molecule has 162 valence electrons. The molecule has 3 aromatic rings. The van der Waals surface area contributed by atoms with Crippen LogP contribution in [0, 0.1) is 0 Å². The summed E-state index contributed by atoms with van der Waals surface area (Å²) in [5, 5.41) is 4.79. The molecule has 5 rings (SSSR count). The van der Waals surface area contributed by atoms with Crippen LogP contribution in [0.1, 0.15) is 11.6 Å². The minimum absolute atomic E-state index is 0.211. The number of nitrogens with zero attached hydrogens (tertiary/aromatic N) is 4. The number of benzene rings is 1. The van der Waals surface area contributed by atoms with Crippen LogP contribution in [0.2, 0.25) is 5.02 Å². The third-order valence-electron chi connectivity index (χ3n) is 5.95. The summed E-state index contributed by atoms with van der Waals surface area (Å²) in [6, 6.07) is 9.45. The van der Waals surface area contributed by atoms with Crippen LogP contribution in [0.15, 0.2) is 66.2 Å². The molecule has 32 heavy (non-hydrogen) atoms. The molecule has 1 aromatic carbocycles. The summed E-state index contributed by atoms with van der Waals surface area (Å²) >= 11 is 6.10. The van der Waals surface area contributed by atoms with Crippen molar-refractivity contribution in [3.05, 3.63) is 76.9 Å². The van der Waals surface area contributed by atoms with Crippen LogP contribution in [-0.2, 0) is 4.79 Å². The molecule has 0 bridgehead atoms. The summed E-state index contributed by atoms with van der Waals surface area (Å²) in [6.45, 7) is 3.92. The average molecular weight is 447 g/mol. The predicted molar refractivity (Wildman–Crippen MR) is 127 cm³/mol. The molecule has 7 nitrogen and oxygen atoms in total. The molecule has 0 spiro atoms. The van der Waals surface area contributed by atoms with Crippen LogP contribution >= 0.6 is 11.6 Å². The molecule has 1 atom stereocenters. The molecule has 1 aliphatic carbocycles. The van der Waals surface area contributed by atoms with Crippen molar-refractivity contribution in [3.63, 3.8) is 0 Å². The Kier molecular flexibility index (Phi) is 5.53. The number of rotatable bonds is 4. The molecule has 1 unspecified atom stereocenters. The van der Waals surface area contributed by atoms with Crippen molar-refractivity contribution in [1.29, 1.82) is 0 Å². The average Bonchev–Trinajstić information content (AvgIpc) is 3.24. The SMILES string of the molecule is CN1CCN(C2=CC(=C=O)C(c3cc4c(Nc5cccc(Cl)c5)ncnc4[nH]3)C=C2)CC1. The van der Waals surface area contributed by atoms with Crippen molar-refractivity contribution in [3.8, 4) is 0 Å². The van der Waals surface area contributed by atoms with Crippen LogP contribution in [0.4, 0.5) is 11.5 Å². The van der Waals surface area contributed by atoms with E-state index in [0.717, 1.165) is 48.6 Å². The van der Waals surface area contributed by atoms with E-state index in [-0.39, 0.29) is 5.92 Å². The normalized spacial score (nSPS) is 19.2. The van der Waals surface area contributed by atoms with E-state index < -0.39 is 0 Å². The lowest BCUT2D eigenvalue weighted by atomic mass is 9.91. The van der Waals surface area contributed by atoms with Crippen molar-refractivity contribution in [2.45, 2.75) is 5.92 Å². The monoisotopic (exact) mass is 446 g/mol. The van der Waals surface area contributed by atoms with E-state index >= 15 is 0 Å². The molecule has 2 N–H and O–H groups in total. The van der Waals surface area contributed by atoms with Gasteiger partial charge in [-0.2, -0.15) is 0 Å². The van der Waals surface area contributed by atoms with Crippen molar-refractivity contribution in [2.75, 3.05) is 38.5 Å². The number of fused-ring (bicyclic) bond motifs is 1. The third kappa shape index (κ3) is 4.06. The molecule has 1 fully saturated rings. The van der Waals surface area contributed by atoms with Crippen LogP contribution in [0.3, 0.4) is 0 Å². The quantitative estimate of drug-likeness (QED) is 0.592. The summed E-state index contributed by atoms with van der Waals surface area (Å²) in [5.41, 5.74) is 4.08. The van der Waals surface area contributed by atoms with Gasteiger partial charge >= 0.3 is 0 Å². The van der Waals surface area contributed by atoms with E-state index in [1.165, 1.54) is 6.33 Å². The first-order valence-corrected chi connectivity index (χ1v) is 10.9. The first kappa shape index (κ1) is 20.5. The number of nitrogens with one attached hydrogen (secondary N) is 2. The van der Waals surface area contributed by atoms with E-state index in [4.69, 9.17) is 11.6 Å². The van der Waals surface area contributed by atoms with Crippen LogP contribution in [0.25, 0.3) is 11.0 Å². The van der Waals surface area contributed by atoms with Gasteiger partial charge in [0, 0.05) is 48.3 Å². The summed E-state index contributed by atoms with van der Waals surface area (Å²) < 4.78 is 0. The lowest BCUT2D eigenvalue weighted by Gasteiger charge is -2.35. The van der Waals surface area contributed by atoms with Gasteiger partial charge in [-0.25, -0.2) is 14.8 Å². The van der Waals surface area contributed by atoms with E-state index in [0.29, 0.717) is 22.1 Å². The summed E-state index contributed by atoms with van der Waals surface area (Å²) in [5.74, 6) is 2.61. The van der Waals surface area contributed by atoms with E-state index in [1.54, 1.807) is 0 Å². The summed E-state index contributed by atoms with van der Waals surface area (Å²) in [4.78, 5) is 28.6. The first-order valence-electron chi connectivity index (χ1n) is 10.6. The number of piperazine rings is 1. The number of anilines is 2. The molecule has 0 saturated carbocycles. The van der Waals surface area contributed by atoms with Crippen molar-refractivity contribution >= 4 is 40.1 Å². The van der Waals surface area contributed by atoms with Gasteiger partial charge in [-0.1, -0.05) is 23.7 Å². The van der Waals surface area contributed by atoms with E-state index in [9.17, 15) is 4.79 Å². The molecular formula is C24H23ClN6O. The Morgan fingerprint density at radius 2 is 2.03 bits per heavy atom. The molecule has 0 amide bonds. The maximum atomic E-state index is 11.8. The van der Waals surface area contributed by atoms with Crippen LogP contribution in [0.5, 0.6) is 0 Å². The van der Waals surface area contributed by atoms with Gasteiger partial charge in [0.15, 0.2) is 0 Å². The van der Waals surface area contributed by atoms with Crippen molar-refractivity contribution in [2.24, 2.45) is 0 Å². The second kappa shape index (κ2) is 8.63. The third-order valence-corrected chi connectivity index (χ3v) is 6.19. The second-order valence-corrected chi connectivity index (χ2v) is 8.53. The number of hydrogen-bond acceptors (Lipinski definition) is 6. The highest BCUT2D eigenvalue weighted by Gasteiger charge is 2.24. The zero-order chi connectivity index (χ0) is 22.1. The van der Waals surface area contributed by atoms with E-state index in [1.807, 2.05) is 36.4 Å². The minimum Gasteiger partial charge on any atom is -0.369 e. The highest BCUT2D eigenvalue weighted by molar-refractivity contribution is 6.30. The molecular weight excluding hydrogens is 424 g/mol. The number of aromatic amines is 1. The van der Waals surface area contributed by atoms with Gasteiger partial charge in [0.05, 0.1) is 16.9 Å². The Bertz CT molecular complexity index is 1260. The van der Waals surface area contributed by atoms with Crippen LogP contribution < -0.4 is 5.32 Å². The Morgan fingerprint density at radius 3 is 2.81 bits per heavy atom. The number of aromatic nitrogens is 3. The Morgan fingerprint density at radius 1 is 1.19 bits per heavy atom. The second-order valence-electron chi connectivity index (χ2n) is 8.10. The van der Waals surface area contributed by atoms with Gasteiger partial charge in [0.2, 0.25) is 0 Å². The van der Waals surface area contributed by atoms with Gasteiger partial charge in [0.25, 0.3) is 0 Å². The highest BCUT2D eigenvalue weighted by atomic mass is 35.5. The molecule has 1 saturated heterocycles. The topological polar surface area (TPSA) is 77.2 Å². The molecule has 0 radical (unpaired) electrons. The maximum absolute atomic E-state index is 11.8. The number of allylic oxidation sites excluding steroid dienone is 4. The first-order chi connectivity index (χ1) is 15.6. The molecule has 2 aromatic heterocycles. The van der Waals surface area contributed by atoms with Crippen molar-refractivity contribution < 1.29 is 4.79 Å². The summed E-state index contributed by atoms with van der Waals surface area (Å²) in [7, 11) is 2.13. The predicted octanol–water partition coefficient (Wildman–Crippen LogP) is 3.90. The van der Waals surface area contributed by atoms with Gasteiger partial charge < -0.3 is 20.1 Å². The zero-order valence-corrected chi connectivity index (χ0v) is 18.4. The van der Waals surface area contributed by atoms with Crippen LogP contribution in [-0.4, -0.2) is 63.9 Å². The molecule has 3 heterocycles.